The molecule has 0 amide bonds. The van der Waals surface area contributed by atoms with Gasteiger partial charge in [0.05, 0.1) is 6.61 Å². The summed E-state index contributed by atoms with van der Waals surface area (Å²) in [6.07, 6.45) is -5.49. The third-order valence-corrected chi connectivity index (χ3v) is 2.86. The van der Waals surface area contributed by atoms with Gasteiger partial charge >= 0.3 is 5.97 Å². The average Bonchev–Trinajstić information content (AvgIpc) is 2.72. The Morgan fingerprint density at radius 3 is 2.59 bits per heavy atom. The van der Waals surface area contributed by atoms with Crippen LogP contribution in [-0.4, -0.2) is 64.2 Å². The van der Waals surface area contributed by atoms with Crippen molar-refractivity contribution in [3.8, 4) is 0 Å². The lowest BCUT2D eigenvalue weighted by molar-refractivity contribution is -0.199. The Bertz CT molecular complexity index is 316. The number of esters is 1. The number of aliphatic hydroxyl groups excluding tert-OH is 3. The van der Waals surface area contributed by atoms with E-state index in [9.17, 15) is 15.0 Å². The molecule has 5 atom stereocenters. The molecule has 0 aromatic rings. The predicted octanol–water partition coefficient (Wildman–Crippen LogP) is -1.85. The lowest BCUT2D eigenvalue weighted by Gasteiger charge is -2.26. The van der Waals surface area contributed by atoms with Crippen molar-refractivity contribution < 1.29 is 34.3 Å². The van der Waals surface area contributed by atoms with Crippen molar-refractivity contribution in [1.29, 1.82) is 0 Å². The number of hydrogen-bond acceptors (Lipinski definition) is 7. The fourth-order valence-electron chi connectivity index (χ4n) is 2.07. The van der Waals surface area contributed by atoms with E-state index in [4.69, 9.17) is 19.3 Å². The third-order valence-electron chi connectivity index (χ3n) is 2.86. The highest BCUT2D eigenvalue weighted by Gasteiger charge is 2.58. The van der Waals surface area contributed by atoms with E-state index in [1.807, 2.05) is 0 Å². The Kier molecular flexibility index (Phi) is 3.13. The maximum Gasteiger partial charge on any atom is 0.338 e. The molecule has 3 N–H and O–H groups in total. The van der Waals surface area contributed by atoms with Crippen molar-refractivity contribution in [2.75, 3.05) is 6.61 Å². The summed E-state index contributed by atoms with van der Waals surface area (Å²) in [5.74, 6) is -1.56. The molecule has 0 unspecified atom stereocenters. The number of cyclic esters (lactones) is 1. The zero-order valence-corrected chi connectivity index (χ0v) is 9.57. The Balaban J connectivity index is 2.13. The van der Waals surface area contributed by atoms with Crippen LogP contribution in [0.15, 0.2) is 0 Å². The smallest absolute Gasteiger partial charge is 0.338 e. The molecular formula is C10H16O7. The average molecular weight is 248 g/mol. The van der Waals surface area contributed by atoms with Crippen LogP contribution in [-0.2, 0) is 19.0 Å². The van der Waals surface area contributed by atoms with Crippen LogP contribution in [0.2, 0.25) is 0 Å². The second kappa shape index (κ2) is 4.18. The molecule has 2 saturated heterocycles. The summed E-state index contributed by atoms with van der Waals surface area (Å²) in [6.45, 7) is 2.66. The first-order valence-corrected chi connectivity index (χ1v) is 5.39. The van der Waals surface area contributed by atoms with Gasteiger partial charge in [-0.05, 0) is 13.8 Å². The van der Waals surface area contributed by atoms with Gasteiger partial charge in [-0.15, -0.1) is 0 Å². The van der Waals surface area contributed by atoms with Crippen LogP contribution in [0.5, 0.6) is 0 Å². The number of carbonyl (C=O) groups is 1. The maximum absolute atomic E-state index is 11.5. The van der Waals surface area contributed by atoms with Crippen LogP contribution in [0.1, 0.15) is 13.8 Å². The number of carbonyl (C=O) groups excluding carboxylic acids is 1. The maximum atomic E-state index is 11.5. The van der Waals surface area contributed by atoms with E-state index in [2.05, 4.69) is 0 Å². The molecule has 2 rings (SSSR count). The van der Waals surface area contributed by atoms with E-state index < -0.39 is 48.9 Å². The van der Waals surface area contributed by atoms with Crippen molar-refractivity contribution in [3.63, 3.8) is 0 Å². The van der Waals surface area contributed by atoms with E-state index in [0.29, 0.717) is 0 Å². The van der Waals surface area contributed by atoms with Gasteiger partial charge in [-0.2, -0.15) is 0 Å². The molecule has 0 radical (unpaired) electrons. The van der Waals surface area contributed by atoms with Crippen molar-refractivity contribution >= 4 is 5.97 Å². The number of hydrogen-bond donors (Lipinski definition) is 3. The highest BCUT2D eigenvalue weighted by atomic mass is 16.8. The fraction of sp³-hybridized carbons (Fsp3) is 0.900. The predicted molar refractivity (Wildman–Crippen MR) is 52.8 cm³/mol. The summed E-state index contributed by atoms with van der Waals surface area (Å²) in [5, 5.41) is 27.8. The molecular weight excluding hydrogens is 232 g/mol. The Morgan fingerprint density at radius 2 is 2.00 bits per heavy atom. The molecule has 0 spiro atoms. The molecule has 0 saturated carbocycles. The lowest BCUT2D eigenvalue weighted by atomic mass is 10.0. The van der Waals surface area contributed by atoms with E-state index in [1.54, 1.807) is 13.8 Å². The first-order valence-electron chi connectivity index (χ1n) is 5.39. The van der Waals surface area contributed by atoms with Crippen LogP contribution < -0.4 is 0 Å². The molecule has 0 aromatic carbocycles. The quantitative estimate of drug-likeness (QED) is 0.503. The van der Waals surface area contributed by atoms with E-state index in [1.165, 1.54) is 0 Å². The van der Waals surface area contributed by atoms with Crippen LogP contribution in [0, 0.1) is 0 Å². The molecule has 17 heavy (non-hydrogen) atoms. The minimum absolute atomic E-state index is 0.628. The fourth-order valence-corrected chi connectivity index (χ4v) is 2.07. The second-order valence-corrected chi connectivity index (χ2v) is 4.66. The van der Waals surface area contributed by atoms with Gasteiger partial charge in [0.25, 0.3) is 0 Å². The standard InChI is InChI=1S/C10H16O7/c1-10(2)16-7-6(5(13)4(12)3-11)15-9(14)8(7)17-10/h4-8,11-13H,3H2,1-2H3/t4-,5-,6+,7-,8-/m1/s1. The summed E-state index contributed by atoms with van der Waals surface area (Å²) >= 11 is 0. The monoisotopic (exact) mass is 248 g/mol. The van der Waals surface area contributed by atoms with Gasteiger partial charge in [0, 0.05) is 0 Å². The lowest BCUT2D eigenvalue weighted by Crippen LogP contribution is -2.46. The van der Waals surface area contributed by atoms with Gasteiger partial charge in [-0.3, -0.25) is 0 Å². The number of rotatable bonds is 3. The van der Waals surface area contributed by atoms with Crippen LogP contribution in [0.3, 0.4) is 0 Å². The highest BCUT2D eigenvalue weighted by Crippen LogP contribution is 2.37. The van der Waals surface area contributed by atoms with Gasteiger partial charge in [-0.25, -0.2) is 4.79 Å². The Labute approximate surface area is 97.9 Å². The first-order chi connectivity index (χ1) is 7.85. The van der Waals surface area contributed by atoms with Gasteiger partial charge in [0.1, 0.15) is 18.3 Å². The molecule has 2 heterocycles. The van der Waals surface area contributed by atoms with Crippen LogP contribution in [0.4, 0.5) is 0 Å². The minimum Gasteiger partial charge on any atom is -0.455 e. The van der Waals surface area contributed by atoms with Crippen LogP contribution >= 0.6 is 0 Å². The molecule has 7 heteroatoms. The summed E-state index contributed by atoms with van der Waals surface area (Å²) in [4.78, 5) is 11.5. The molecule has 2 aliphatic heterocycles. The normalized spacial score (nSPS) is 38.6. The second-order valence-electron chi connectivity index (χ2n) is 4.66. The largest absolute Gasteiger partial charge is 0.455 e. The molecule has 0 bridgehead atoms. The zero-order valence-electron chi connectivity index (χ0n) is 9.57. The zero-order chi connectivity index (χ0) is 12.8. The van der Waals surface area contributed by atoms with Crippen molar-refractivity contribution in [2.45, 2.75) is 50.2 Å². The summed E-state index contributed by atoms with van der Waals surface area (Å²) in [5.41, 5.74) is 0. The summed E-state index contributed by atoms with van der Waals surface area (Å²) in [7, 11) is 0. The molecule has 98 valence electrons. The topological polar surface area (TPSA) is 105 Å². The highest BCUT2D eigenvalue weighted by molar-refractivity contribution is 5.78. The molecule has 2 aliphatic rings. The van der Waals surface area contributed by atoms with Gasteiger partial charge in [-0.1, -0.05) is 0 Å². The Morgan fingerprint density at radius 1 is 1.35 bits per heavy atom. The number of fused-ring (bicyclic) bond motifs is 1. The van der Waals surface area contributed by atoms with E-state index in [0.717, 1.165) is 0 Å². The van der Waals surface area contributed by atoms with Crippen LogP contribution in [0.25, 0.3) is 0 Å². The number of aliphatic hydroxyl groups is 3. The summed E-state index contributed by atoms with van der Waals surface area (Å²) in [6, 6.07) is 0. The molecule has 7 nitrogen and oxygen atoms in total. The van der Waals surface area contributed by atoms with Gasteiger partial charge in [0.2, 0.25) is 0 Å². The van der Waals surface area contributed by atoms with E-state index in [-0.39, 0.29) is 0 Å². The van der Waals surface area contributed by atoms with Gasteiger partial charge < -0.3 is 29.5 Å². The van der Waals surface area contributed by atoms with Crippen molar-refractivity contribution in [3.05, 3.63) is 0 Å². The van der Waals surface area contributed by atoms with Crippen molar-refractivity contribution in [1.82, 2.24) is 0 Å². The molecule has 0 aromatic heterocycles. The van der Waals surface area contributed by atoms with E-state index >= 15 is 0 Å². The summed E-state index contributed by atoms with van der Waals surface area (Å²) < 4.78 is 15.7. The molecule has 2 fully saturated rings. The van der Waals surface area contributed by atoms with Crippen molar-refractivity contribution in [2.24, 2.45) is 0 Å². The number of ether oxygens (including phenoxy) is 3. The Hall–Kier alpha value is -0.730. The molecule has 0 aliphatic carbocycles. The van der Waals surface area contributed by atoms with Gasteiger partial charge in [0.15, 0.2) is 18.0 Å². The minimum atomic E-state index is -1.41. The SMILES string of the molecule is CC1(C)O[C@@H]2[C@H]([C@H](O)[C@H](O)CO)OC(=O)[C@@H]2O1. The third kappa shape index (κ3) is 2.16. The first kappa shape index (κ1) is 12.7.